The molecule has 2 fully saturated rings. The van der Waals surface area contributed by atoms with E-state index in [9.17, 15) is 29.2 Å². The van der Waals surface area contributed by atoms with Gasteiger partial charge in [-0.15, -0.1) is 9.05 Å². The number of aliphatic hydroxyl groups excluding tert-OH is 2. The number of nitrogens with zero attached hydrogens (tertiary/aromatic N) is 1. The molecule has 2 heterocycles. The Labute approximate surface area is 171 Å². The van der Waals surface area contributed by atoms with Crippen LogP contribution in [-0.4, -0.2) is 63.4 Å². The summed E-state index contributed by atoms with van der Waals surface area (Å²) in [5.41, 5.74) is -2.64. The summed E-state index contributed by atoms with van der Waals surface area (Å²) in [6, 6.07) is 1.10. The number of H-pyrrole nitrogens is 1. The van der Waals surface area contributed by atoms with Crippen LogP contribution in [0.25, 0.3) is 0 Å². The highest BCUT2D eigenvalue weighted by atomic mass is 31.1. The van der Waals surface area contributed by atoms with E-state index in [4.69, 9.17) is 18.5 Å². The van der Waals surface area contributed by atoms with E-state index in [0.717, 1.165) is 10.6 Å². The lowest BCUT2D eigenvalue weighted by Crippen LogP contribution is -2.40. The van der Waals surface area contributed by atoms with Gasteiger partial charge in [0.1, 0.15) is 18.8 Å². The standard InChI is InChI=1S/C17H23N2O10P/c1-9(2)27-11(22)4-3-7-26-30(25)29-14-13-17(14,8-20)12(23)15(28-13)19-6-5-10(21)18-16(19)24/h5-6,9,12-15,20,23H,3-4,7-8H2,1-2H3/p+1/t12-,13+,14?,15+,17+/m0/s1. The summed E-state index contributed by atoms with van der Waals surface area (Å²) in [5, 5.41) is 20.4. The smallest absolute Gasteiger partial charge is 0.463 e. The molecule has 6 atom stereocenters. The second-order valence-electron chi connectivity index (χ2n) is 7.40. The minimum Gasteiger partial charge on any atom is -0.463 e. The molecular formula is C17H24N2O10P+. The van der Waals surface area contributed by atoms with E-state index in [2.05, 4.69) is 4.98 Å². The normalized spacial score (nSPS) is 30.2. The maximum atomic E-state index is 12.0. The first kappa shape index (κ1) is 22.7. The average molecular weight is 447 g/mol. The van der Waals surface area contributed by atoms with Crippen LogP contribution in [0, 0.1) is 5.41 Å². The van der Waals surface area contributed by atoms with E-state index < -0.39 is 56.1 Å². The zero-order valence-corrected chi connectivity index (χ0v) is 17.3. The Kier molecular flexibility index (Phi) is 6.85. The number of rotatable bonds is 10. The number of carbonyl (C=O) groups is 1. The van der Waals surface area contributed by atoms with Crippen LogP contribution >= 0.6 is 8.25 Å². The Morgan fingerprint density at radius 2 is 2.17 bits per heavy atom. The molecule has 3 N–H and O–H groups in total. The Balaban J connectivity index is 1.51. The molecule has 13 heteroatoms. The number of carbonyl (C=O) groups excluding carboxylic acids is 1. The fourth-order valence-electron chi connectivity index (χ4n) is 3.49. The molecule has 1 aliphatic carbocycles. The zero-order valence-electron chi connectivity index (χ0n) is 16.4. The Morgan fingerprint density at radius 1 is 1.43 bits per heavy atom. The summed E-state index contributed by atoms with van der Waals surface area (Å²) in [6.07, 6.45) is -2.87. The van der Waals surface area contributed by atoms with Crippen molar-refractivity contribution in [1.29, 1.82) is 0 Å². The van der Waals surface area contributed by atoms with Crippen molar-refractivity contribution in [1.82, 2.24) is 9.55 Å². The summed E-state index contributed by atoms with van der Waals surface area (Å²) in [7, 11) is -2.59. The molecule has 12 nitrogen and oxygen atoms in total. The van der Waals surface area contributed by atoms with E-state index in [-0.39, 0.29) is 31.5 Å². The first-order chi connectivity index (χ1) is 14.2. The molecule has 1 aromatic heterocycles. The summed E-state index contributed by atoms with van der Waals surface area (Å²) in [4.78, 5) is 36.6. The topological polar surface area (TPSA) is 166 Å². The van der Waals surface area contributed by atoms with Crippen molar-refractivity contribution in [2.24, 2.45) is 5.41 Å². The van der Waals surface area contributed by atoms with Crippen LogP contribution in [0.4, 0.5) is 0 Å². The average Bonchev–Trinajstić information content (AvgIpc) is 3.16. The van der Waals surface area contributed by atoms with Crippen molar-refractivity contribution in [2.45, 2.75) is 57.3 Å². The van der Waals surface area contributed by atoms with Gasteiger partial charge in [-0.3, -0.25) is 19.1 Å². The number of nitrogens with one attached hydrogen (secondary N) is 1. The zero-order chi connectivity index (χ0) is 22.1. The maximum Gasteiger partial charge on any atom is 0.697 e. The van der Waals surface area contributed by atoms with Crippen molar-refractivity contribution < 1.29 is 38.1 Å². The molecule has 0 amide bonds. The lowest BCUT2D eigenvalue weighted by molar-refractivity contribution is -0.147. The van der Waals surface area contributed by atoms with Crippen molar-refractivity contribution in [3.63, 3.8) is 0 Å². The van der Waals surface area contributed by atoms with Gasteiger partial charge in [0.05, 0.1) is 18.1 Å². The molecule has 3 rings (SSSR count). The van der Waals surface area contributed by atoms with Crippen LogP contribution in [0.3, 0.4) is 0 Å². The number of aromatic amines is 1. The fourth-order valence-corrected chi connectivity index (χ4v) is 4.32. The third kappa shape index (κ3) is 4.39. The Morgan fingerprint density at radius 3 is 2.77 bits per heavy atom. The molecule has 166 valence electrons. The van der Waals surface area contributed by atoms with Crippen molar-refractivity contribution in [3.8, 4) is 0 Å². The number of esters is 1. The molecule has 0 aromatic carbocycles. The van der Waals surface area contributed by atoms with Gasteiger partial charge < -0.3 is 19.7 Å². The predicted octanol–water partition coefficient (Wildman–Crippen LogP) is -0.422. The van der Waals surface area contributed by atoms with Gasteiger partial charge in [0.2, 0.25) is 0 Å². The first-order valence-corrected chi connectivity index (χ1v) is 10.5. The van der Waals surface area contributed by atoms with E-state index in [0.29, 0.717) is 0 Å². The van der Waals surface area contributed by atoms with Gasteiger partial charge in [0.25, 0.3) is 5.56 Å². The summed E-state index contributed by atoms with van der Waals surface area (Å²) in [6.45, 7) is 2.92. The van der Waals surface area contributed by atoms with Gasteiger partial charge >= 0.3 is 19.9 Å². The van der Waals surface area contributed by atoms with Crippen molar-refractivity contribution in [3.05, 3.63) is 33.1 Å². The number of aromatic nitrogens is 2. The molecular weight excluding hydrogens is 423 g/mol. The highest BCUT2D eigenvalue weighted by Crippen LogP contribution is 2.63. The van der Waals surface area contributed by atoms with Crippen LogP contribution < -0.4 is 11.2 Å². The van der Waals surface area contributed by atoms with Gasteiger partial charge in [0, 0.05) is 23.2 Å². The Hall–Kier alpha value is -1.95. The second kappa shape index (κ2) is 9.04. The van der Waals surface area contributed by atoms with Gasteiger partial charge in [-0.2, -0.15) is 0 Å². The maximum absolute atomic E-state index is 12.0. The second-order valence-corrected chi connectivity index (χ2v) is 8.32. The predicted molar refractivity (Wildman–Crippen MR) is 99.7 cm³/mol. The first-order valence-electron chi connectivity index (χ1n) is 9.43. The summed E-state index contributed by atoms with van der Waals surface area (Å²) >= 11 is 0. The van der Waals surface area contributed by atoms with Crippen molar-refractivity contribution in [2.75, 3.05) is 13.2 Å². The SMILES string of the molecule is CC(C)OC(=O)CCCO[P+](=O)OC1[C@H]2O[C@@H](n3ccc(=O)[nH]c3=O)[C@H](O)[C@@]12CO. The molecule has 1 aromatic rings. The molecule has 30 heavy (non-hydrogen) atoms. The van der Waals surface area contributed by atoms with Crippen LogP contribution in [0.5, 0.6) is 0 Å². The third-order valence-corrected chi connectivity index (χ3v) is 5.81. The molecule has 0 bridgehead atoms. The third-order valence-electron chi connectivity index (χ3n) is 5.02. The van der Waals surface area contributed by atoms with Gasteiger partial charge in [-0.05, 0) is 20.3 Å². The molecule has 1 saturated heterocycles. The monoisotopic (exact) mass is 447 g/mol. The van der Waals surface area contributed by atoms with E-state index >= 15 is 0 Å². The number of fused-ring (bicyclic) bond motifs is 1. The fraction of sp³-hybridized carbons (Fsp3) is 0.706. The Bertz CT molecular complexity index is 914. The van der Waals surface area contributed by atoms with E-state index in [1.165, 1.54) is 6.20 Å². The molecule has 2 unspecified atom stereocenters. The number of hydrogen-bond acceptors (Lipinski definition) is 10. The number of hydrogen-bond donors (Lipinski definition) is 3. The van der Waals surface area contributed by atoms with Crippen molar-refractivity contribution >= 4 is 14.2 Å². The van der Waals surface area contributed by atoms with Gasteiger partial charge in [0.15, 0.2) is 12.3 Å². The molecule has 0 spiro atoms. The highest BCUT2D eigenvalue weighted by molar-refractivity contribution is 7.33. The van der Waals surface area contributed by atoms with Crippen LogP contribution in [0.2, 0.25) is 0 Å². The van der Waals surface area contributed by atoms with Crippen LogP contribution in [-0.2, 0) is 27.9 Å². The largest absolute Gasteiger partial charge is 0.697 e. The molecule has 1 saturated carbocycles. The molecule has 2 aliphatic rings. The number of ether oxygens (including phenoxy) is 2. The van der Waals surface area contributed by atoms with E-state index in [1.54, 1.807) is 13.8 Å². The van der Waals surface area contributed by atoms with Crippen LogP contribution in [0.15, 0.2) is 21.9 Å². The van der Waals surface area contributed by atoms with E-state index in [1.807, 2.05) is 0 Å². The minimum atomic E-state index is -2.59. The number of aliphatic hydroxyl groups is 2. The summed E-state index contributed by atoms with van der Waals surface area (Å²) in [5.74, 6) is -0.388. The molecule has 1 aliphatic heterocycles. The lowest BCUT2D eigenvalue weighted by atomic mass is 9.99. The quantitative estimate of drug-likeness (QED) is 0.243. The summed E-state index contributed by atoms with van der Waals surface area (Å²) < 4.78 is 33.9. The van der Waals surface area contributed by atoms with Gasteiger partial charge in [-0.1, -0.05) is 0 Å². The molecule has 0 radical (unpaired) electrons. The minimum absolute atomic E-state index is 0.00921. The van der Waals surface area contributed by atoms with Crippen LogP contribution in [0.1, 0.15) is 32.9 Å². The highest BCUT2D eigenvalue weighted by Gasteiger charge is 2.80. The lowest BCUT2D eigenvalue weighted by Gasteiger charge is -2.23. The van der Waals surface area contributed by atoms with Gasteiger partial charge in [-0.25, -0.2) is 4.79 Å².